The lowest BCUT2D eigenvalue weighted by Gasteiger charge is -2.43. The van der Waals surface area contributed by atoms with Gasteiger partial charge in [-0.05, 0) is 107 Å². The van der Waals surface area contributed by atoms with Gasteiger partial charge in [-0.1, -0.05) is 71.1 Å². The van der Waals surface area contributed by atoms with Crippen molar-refractivity contribution < 1.29 is 80.9 Å². The number of carbonyl (C=O) groups excluding carboxylic acids is 5. The van der Waals surface area contributed by atoms with E-state index in [2.05, 4.69) is 0 Å². The zero-order valence-electron chi connectivity index (χ0n) is 46.9. The summed E-state index contributed by atoms with van der Waals surface area (Å²) in [5.74, 6) is -9.15. The maximum Gasteiger partial charge on any atom is 0.329 e. The van der Waals surface area contributed by atoms with Gasteiger partial charge < -0.3 is 53.4 Å². The van der Waals surface area contributed by atoms with Crippen LogP contribution in [0.25, 0.3) is 0 Å². The minimum Gasteiger partial charge on any atom is -0.460 e. The topological polar surface area (TPSA) is 248 Å². The lowest BCUT2D eigenvalue weighted by molar-refractivity contribution is -0.266. The predicted molar refractivity (Wildman–Crippen MR) is 285 cm³/mol. The van der Waals surface area contributed by atoms with Crippen molar-refractivity contribution in [1.29, 1.82) is 0 Å². The molecule has 0 unspecified atom stereocenters. The number of carbonyl (C=O) groups is 5. The van der Waals surface area contributed by atoms with Gasteiger partial charge in [0.15, 0.2) is 15.6 Å². The molecule has 4 aliphatic rings. The Morgan fingerprint density at radius 3 is 2.24 bits per heavy atom. The first-order chi connectivity index (χ1) is 36.0. The van der Waals surface area contributed by atoms with Crippen LogP contribution in [0.4, 0.5) is 0 Å². The number of rotatable bonds is 15. The van der Waals surface area contributed by atoms with Crippen LogP contribution >= 0.6 is 0 Å². The highest BCUT2D eigenvalue weighted by Gasteiger charge is 2.53. The maximum absolute atomic E-state index is 14.6. The van der Waals surface area contributed by atoms with E-state index in [1.807, 2.05) is 45.1 Å². The molecular formula is C57H91NO17S. The summed E-state index contributed by atoms with van der Waals surface area (Å²) in [7, 11) is 0.879. The minimum absolute atomic E-state index is 0.0272. The Morgan fingerprint density at radius 1 is 0.829 bits per heavy atom. The van der Waals surface area contributed by atoms with Gasteiger partial charge in [-0.2, -0.15) is 0 Å². The summed E-state index contributed by atoms with van der Waals surface area (Å²) in [5, 5.41) is 33.1. The third-order valence-electron chi connectivity index (χ3n) is 15.9. The second kappa shape index (κ2) is 31.3. The number of fused-ring (bicyclic) bond motifs is 3. The summed E-state index contributed by atoms with van der Waals surface area (Å²) >= 11 is 0. The van der Waals surface area contributed by atoms with Crippen LogP contribution in [0.2, 0.25) is 0 Å². The van der Waals surface area contributed by atoms with Gasteiger partial charge in [0.25, 0.3) is 11.7 Å². The van der Waals surface area contributed by atoms with Crippen molar-refractivity contribution in [1.82, 2.24) is 4.90 Å². The van der Waals surface area contributed by atoms with Crippen LogP contribution in [0.15, 0.2) is 47.6 Å². The van der Waals surface area contributed by atoms with Gasteiger partial charge in [0.1, 0.15) is 30.1 Å². The minimum atomic E-state index is -3.51. The Balaban J connectivity index is 1.72. The molecule has 3 heterocycles. The smallest absolute Gasteiger partial charge is 0.329 e. The van der Waals surface area contributed by atoms with Gasteiger partial charge >= 0.3 is 5.97 Å². The first kappa shape index (κ1) is 65.0. The van der Waals surface area contributed by atoms with E-state index in [0.29, 0.717) is 62.5 Å². The van der Waals surface area contributed by atoms with E-state index in [9.17, 15) is 47.7 Å². The van der Waals surface area contributed by atoms with Crippen molar-refractivity contribution in [2.45, 2.75) is 180 Å². The Hall–Kier alpha value is -3.50. The second-order valence-corrected chi connectivity index (χ2v) is 24.2. The molecule has 15 atom stereocenters. The first-order valence-corrected chi connectivity index (χ1v) is 29.3. The highest BCUT2D eigenvalue weighted by Crippen LogP contribution is 2.38. The molecule has 432 valence electrons. The molecule has 3 aliphatic heterocycles. The largest absolute Gasteiger partial charge is 0.460 e. The van der Waals surface area contributed by atoms with Crippen LogP contribution < -0.4 is 0 Å². The van der Waals surface area contributed by atoms with Crippen molar-refractivity contribution in [3.8, 4) is 0 Å². The van der Waals surface area contributed by atoms with Gasteiger partial charge in [-0.15, -0.1) is 0 Å². The number of amides is 1. The molecule has 0 aromatic carbocycles. The Labute approximate surface area is 452 Å². The highest BCUT2D eigenvalue weighted by molar-refractivity contribution is 7.91. The van der Waals surface area contributed by atoms with Crippen LogP contribution in [-0.4, -0.2) is 178 Å². The number of methoxy groups -OCH3 is 3. The number of aliphatic hydroxyl groups is 3. The Morgan fingerprint density at radius 2 is 1.55 bits per heavy atom. The van der Waals surface area contributed by atoms with Crippen LogP contribution in [0.5, 0.6) is 0 Å². The molecule has 1 aliphatic carbocycles. The normalized spacial score (nSPS) is 36.5. The molecule has 76 heavy (non-hydrogen) atoms. The number of nitrogens with zero attached hydrogens (tertiary/aromatic N) is 1. The molecule has 3 fully saturated rings. The monoisotopic (exact) mass is 1090 g/mol. The summed E-state index contributed by atoms with van der Waals surface area (Å²) in [6, 6.07) is -1.21. The third-order valence-corrected chi connectivity index (χ3v) is 17.5. The quantitative estimate of drug-likeness (QED) is 0.102. The zero-order chi connectivity index (χ0) is 56.3. The number of piperidine rings is 1. The van der Waals surface area contributed by atoms with Crippen LogP contribution in [0.1, 0.15) is 126 Å². The summed E-state index contributed by atoms with van der Waals surface area (Å²) < 4.78 is 66.5. The molecule has 1 saturated carbocycles. The van der Waals surface area contributed by atoms with E-state index < -0.39 is 87.6 Å². The maximum atomic E-state index is 14.6. The van der Waals surface area contributed by atoms with E-state index >= 15 is 0 Å². The third kappa shape index (κ3) is 18.8. The predicted octanol–water partition coefficient (Wildman–Crippen LogP) is 5.63. The fraction of sp³-hybridized carbons (Fsp3) is 0.772. The summed E-state index contributed by atoms with van der Waals surface area (Å²) in [5.41, 5.74) is 1.06. The van der Waals surface area contributed by atoms with Crippen LogP contribution in [0.3, 0.4) is 0 Å². The number of ketones is 3. The number of aliphatic hydroxyl groups excluding tert-OH is 2. The number of allylic oxidation sites excluding steroid dienone is 6. The highest BCUT2D eigenvalue weighted by atomic mass is 32.2. The van der Waals surface area contributed by atoms with Crippen molar-refractivity contribution >= 4 is 39.1 Å². The van der Waals surface area contributed by atoms with Gasteiger partial charge in [-0.25, -0.2) is 13.2 Å². The molecule has 3 N–H and O–H groups in total. The molecule has 2 saturated heterocycles. The van der Waals surface area contributed by atoms with Crippen molar-refractivity contribution in [3.63, 3.8) is 0 Å². The number of ether oxygens (including phenoxy) is 7. The van der Waals surface area contributed by atoms with Crippen LogP contribution in [0, 0.1) is 35.5 Å². The molecule has 1 amide bonds. The molecule has 19 heteroatoms. The molecule has 18 nitrogen and oxygen atoms in total. The van der Waals surface area contributed by atoms with Crippen LogP contribution in [-0.2, 0) is 67.0 Å². The Kier molecular flexibility index (Phi) is 26.8. The van der Waals surface area contributed by atoms with Gasteiger partial charge in [0.05, 0.1) is 62.3 Å². The van der Waals surface area contributed by atoms with E-state index in [4.69, 9.17) is 33.2 Å². The number of cyclic esters (lactones) is 1. The standard InChI is InChI=1S/C57H91NO17S/c1-36-16-12-11-13-17-37(2)48(73-27-29-76(67,68)28-26-69-8)34-44-21-19-42(7)57(66,75-44)54(63)55(64)58-23-15-14-18-45(58)56(65)74-49(39(4)32-43-20-22-47(72-25-24-59)50(33-43)70-9)35-46(60)38(3)31-41(6)52(62)53(71-10)51(61)40(5)30-36/h11-13,16-17,31,36,38-40,42-45,47-50,52-53,59,62,66H,14-15,18-30,32-35H2,1-10H3/b13-11+,16-12+,37-17+,41-31+/t36-,38-,39-,40-,42-,43+,44+,45+,47-,48-,49+,50-,52-,53+,57-/m1/s1. The fourth-order valence-electron chi connectivity index (χ4n) is 11.0. The molecule has 0 aromatic heterocycles. The summed E-state index contributed by atoms with van der Waals surface area (Å²) in [6.07, 6.45) is 10.1. The van der Waals surface area contributed by atoms with E-state index in [-0.39, 0.29) is 105 Å². The fourth-order valence-corrected chi connectivity index (χ4v) is 12.0. The van der Waals surface area contributed by atoms with E-state index in [0.717, 1.165) is 11.3 Å². The van der Waals surface area contributed by atoms with Crippen molar-refractivity contribution in [2.24, 2.45) is 35.5 Å². The Bertz CT molecular complexity index is 2140. The van der Waals surface area contributed by atoms with Gasteiger partial charge in [-0.3, -0.25) is 19.2 Å². The number of esters is 1. The number of Topliss-reactive ketones (excluding diaryl/α,β-unsaturated/α-hetero) is 3. The zero-order valence-corrected chi connectivity index (χ0v) is 47.7. The first-order valence-electron chi connectivity index (χ1n) is 27.5. The van der Waals surface area contributed by atoms with Gasteiger partial charge in [0.2, 0.25) is 5.79 Å². The molecule has 4 rings (SSSR count). The van der Waals surface area contributed by atoms with Gasteiger partial charge in [0, 0.05) is 58.5 Å². The lowest BCUT2D eigenvalue weighted by atomic mass is 9.78. The molecule has 0 aromatic rings. The molecule has 0 spiro atoms. The average molecular weight is 1090 g/mol. The average Bonchev–Trinajstić information content (AvgIpc) is 3.39. The summed E-state index contributed by atoms with van der Waals surface area (Å²) in [6.45, 7) is 12.4. The van der Waals surface area contributed by atoms with E-state index in [1.165, 1.54) is 14.2 Å². The number of hydrogen-bond acceptors (Lipinski definition) is 17. The molecule has 2 bridgehead atoms. The lowest BCUT2D eigenvalue weighted by Crippen LogP contribution is -2.61. The van der Waals surface area contributed by atoms with Crippen molar-refractivity contribution in [3.05, 3.63) is 47.6 Å². The second-order valence-electron chi connectivity index (χ2n) is 21.9. The number of hydrogen-bond donors (Lipinski definition) is 3. The number of sulfone groups is 1. The van der Waals surface area contributed by atoms with E-state index in [1.54, 1.807) is 47.0 Å². The molecular weight excluding hydrogens is 1000 g/mol. The SMILES string of the molecule is COCCS(=O)(=O)CCO[C@@H]1C[C@@H]2CC[C@@H](C)[C@@](O)(O2)C(=O)C(=O)N2CCCC[C@H]2C(=O)O[C@H]([C@H](C)C[C@@H]2CC[C@@H](OCCO)[C@H](OC)C2)CC(=O)[C@H](C)/C=C(\C)[C@@H](O)[C@@H](OC)C(=O)[C@H](C)C[C@H](C)/C=C/C=C/C=C/1C. The summed E-state index contributed by atoms with van der Waals surface area (Å²) in [4.78, 5) is 72.8. The van der Waals surface area contributed by atoms with Crippen molar-refractivity contribution in [2.75, 3.05) is 65.8 Å². The molecule has 0 radical (unpaired) electrons.